The summed E-state index contributed by atoms with van der Waals surface area (Å²) in [6, 6.07) is 3.87. The van der Waals surface area contributed by atoms with E-state index in [0.29, 0.717) is 16.2 Å². The highest BCUT2D eigenvalue weighted by molar-refractivity contribution is 7.17. The van der Waals surface area contributed by atoms with E-state index in [4.69, 9.17) is 17.3 Å². The van der Waals surface area contributed by atoms with Crippen LogP contribution in [0.3, 0.4) is 0 Å². The molecule has 106 valence electrons. The molecular weight excluding hydrogens is 303 g/mol. The predicted octanol–water partition coefficient (Wildman–Crippen LogP) is 3.02. The van der Waals surface area contributed by atoms with Gasteiger partial charge in [0.15, 0.2) is 0 Å². The van der Waals surface area contributed by atoms with Gasteiger partial charge in [-0.25, -0.2) is 0 Å². The zero-order valence-electron chi connectivity index (χ0n) is 10.5. The molecule has 1 aromatic rings. The fourth-order valence-electron chi connectivity index (χ4n) is 3.27. The molecule has 19 heavy (non-hydrogen) atoms. The molecule has 0 aromatic carbocycles. The molecule has 2 heterocycles. The van der Waals surface area contributed by atoms with Crippen LogP contribution in [0.5, 0.6) is 0 Å². The maximum Gasteiger partial charge on any atom is 0.263 e. The van der Waals surface area contributed by atoms with Crippen LogP contribution < -0.4 is 5.73 Å². The van der Waals surface area contributed by atoms with Crippen LogP contribution in [0.15, 0.2) is 12.1 Å². The largest absolute Gasteiger partial charge is 0.337 e. The molecule has 6 heteroatoms. The normalized spacial score (nSPS) is 29.8. The van der Waals surface area contributed by atoms with Gasteiger partial charge in [0.25, 0.3) is 5.91 Å². The Balaban J connectivity index is 0.00000133. The Morgan fingerprint density at radius 2 is 2.16 bits per heavy atom. The Morgan fingerprint density at radius 1 is 1.37 bits per heavy atom. The fourth-order valence-corrected chi connectivity index (χ4v) is 4.28. The number of fused-ring (bicyclic) bond motifs is 1. The molecule has 1 saturated carbocycles. The van der Waals surface area contributed by atoms with Crippen molar-refractivity contribution in [3.63, 3.8) is 0 Å². The quantitative estimate of drug-likeness (QED) is 0.864. The molecule has 0 spiro atoms. The highest BCUT2D eigenvalue weighted by Gasteiger charge is 2.40. The smallest absolute Gasteiger partial charge is 0.263 e. The van der Waals surface area contributed by atoms with Crippen LogP contribution in [-0.4, -0.2) is 29.9 Å². The van der Waals surface area contributed by atoms with Crippen molar-refractivity contribution in [1.82, 2.24) is 4.90 Å². The molecule has 0 bridgehead atoms. The number of halogens is 2. The van der Waals surface area contributed by atoms with E-state index in [-0.39, 0.29) is 24.4 Å². The molecule has 3 atom stereocenters. The van der Waals surface area contributed by atoms with Crippen molar-refractivity contribution in [3.05, 3.63) is 21.3 Å². The molecule has 3 unspecified atom stereocenters. The lowest BCUT2D eigenvalue weighted by Gasteiger charge is -2.29. The molecule has 1 saturated heterocycles. The summed E-state index contributed by atoms with van der Waals surface area (Å²) in [5, 5.41) is 0. The molecule has 0 radical (unpaired) electrons. The van der Waals surface area contributed by atoms with Crippen LogP contribution in [0.4, 0.5) is 0 Å². The number of hydrogen-bond acceptors (Lipinski definition) is 3. The second-order valence-corrected chi connectivity index (χ2v) is 7.05. The summed E-state index contributed by atoms with van der Waals surface area (Å²) in [6.07, 6.45) is 3.52. The Hall–Kier alpha value is -0.290. The summed E-state index contributed by atoms with van der Waals surface area (Å²) in [7, 11) is 0. The third kappa shape index (κ3) is 2.92. The van der Waals surface area contributed by atoms with Gasteiger partial charge in [-0.05, 0) is 36.8 Å². The molecule has 1 aromatic heterocycles. The first kappa shape index (κ1) is 15.1. The van der Waals surface area contributed by atoms with Gasteiger partial charge in [0.2, 0.25) is 0 Å². The monoisotopic (exact) mass is 320 g/mol. The first-order valence-electron chi connectivity index (χ1n) is 6.45. The SMILES string of the molecule is Cl.NC1CCCC2CN(C(=O)c3ccc(Cl)s3)CC12. The molecule has 2 fully saturated rings. The minimum Gasteiger partial charge on any atom is -0.337 e. The summed E-state index contributed by atoms with van der Waals surface area (Å²) < 4.78 is 0.673. The van der Waals surface area contributed by atoms with E-state index < -0.39 is 0 Å². The van der Waals surface area contributed by atoms with Crippen molar-refractivity contribution in [2.75, 3.05) is 13.1 Å². The van der Waals surface area contributed by atoms with Crippen molar-refractivity contribution >= 4 is 41.3 Å². The predicted molar refractivity (Wildman–Crippen MR) is 81.3 cm³/mol. The highest BCUT2D eigenvalue weighted by atomic mass is 35.5. The van der Waals surface area contributed by atoms with Gasteiger partial charge in [-0.1, -0.05) is 18.0 Å². The number of nitrogens with zero attached hydrogens (tertiary/aromatic N) is 1. The maximum absolute atomic E-state index is 12.3. The molecule has 2 N–H and O–H groups in total. The van der Waals surface area contributed by atoms with E-state index in [1.807, 2.05) is 11.0 Å². The van der Waals surface area contributed by atoms with Gasteiger partial charge < -0.3 is 10.6 Å². The zero-order chi connectivity index (χ0) is 12.7. The molecule has 1 aliphatic heterocycles. The number of rotatable bonds is 1. The van der Waals surface area contributed by atoms with Crippen molar-refractivity contribution in [3.8, 4) is 0 Å². The van der Waals surface area contributed by atoms with Crippen LogP contribution in [0.2, 0.25) is 4.34 Å². The number of carbonyl (C=O) groups excluding carboxylic acids is 1. The summed E-state index contributed by atoms with van der Waals surface area (Å²) >= 11 is 7.24. The van der Waals surface area contributed by atoms with Crippen LogP contribution in [0.25, 0.3) is 0 Å². The number of likely N-dealkylation sites (tertiary alicyclic amines) is 1. The van der Waals surface area contributed by atoms with Crippen LogP contribution in [0.1, 0.15) is 28.9 Å². The lowest BCUT2D eigenvalue weighted by Crippen LogP contribution is -2.38. The van der Waals surface area contributed by atoms with Gasteiger partial charge in [0, 0.05) is 19.1 Å². The maximum atomic E-state index is 12.3. The summed E-state index contributed by atoms with van der Waals surface area (Å²) in [5.74, 6) is 1.22. The lowest BCUT2D eigenvalue weighted by molar-refractivity contribution is 0.0788. The Kier molecular flexibility index (Phi) is 4.77. The summed E-state index contributed by atoms with van der Waals surface area (Å²) in [6.45, 7) is 1.69. The van der Waals surface area contributed by atoms with Crippen LogP contribution in [0, 0.1) is 11.8 Å². The van der Waals surface area contributed by atoms with Crippen molar-refractivity contribution in [2.24, 2.45) is 17.6 Å². The van der Waals surface area contributed by atoms with E-state index in [9.17, 15) is 4.79 Å². The highest BCUT2D eigenvalue weighted by Crippen LogP contribution is 2.36. The minimum atomic E-state index is 0. The molecular formula is C13H18Cl2N2OS. The average molecular weight is 321 g/mol. The zero-order valence-corrected chi connectivity index (χ0v) is 12.9. The molecule has 2 aliphatic rings. The lowest BCUT2D eigenvalue weighted by atomic mass is 9.78. The Morgan fingerprint density at radius 3 is 2.79 bits per heavy atom. The van der Waals surface area contributed by atoms with E-state index in [1.54, 1.807) is 6.07 Å². The van der Waals surface area contributed by atoms with Gasteiger partial charge >= 0.3 is 0 Å². The van der Waals surface area contributed by atoms with Gasteiger partial charge in [0.05, 0.1) is 9.21 Å². The molecule has 1 amide bonds. The first-order chi connectivity index (χ1) is 8.65. The first-order valence-corrected chi connectivity index (χ1v) is 7.65. The number of amides is 1. The average Bonchev–Trinajstić information content (AvgIpc) is 2.95. The van der Waals surface area contributed by atoms with Crippen molar-refractivity contribution < 1.29 is 4.79 Å². The summed E-state index contributed by atoms with van der Waals surface area (Å²) in [5.41, 5.74) is 6.17. The van der Waals surface area contributed by atoms with Gasteiger partial charge in [-0.3, -0.25) is 4.79 Å². The fraction of sp³-hybridized carbons (Fsp3) is 0.615. The number of thiophene rings is 1. The van der Waals surface area contributed by atoms with Crippen LogP contribution in [-0.2, 0) is 0 Å². The van der Waals surface area contributed by atoms with E-state index in [0.717, 1.165) is 24.4 Å². The van der Waals surface area contributed by atoms with Gasteiger partial charge in [0.1, 0.15) is 0 Å². The Labute approximate surface area is 128 Å². The second kappa shape index (κ2) is 6.00. The van der Waals surface area contributed by atoms with Gasteiger partial charge in [-0.2, -0.15) is 0 Å². The van der Waals surface area contributed by atoms with Gasteiger partial charge in [-0.15, -0.1) is 23.7 Å². The third-order valence-electron chi connectivity index (χ3n) is 4.23. The number of nitrogens with two attached hydrogens (primary N) is 1. The van der Waals surface area contributed by atoms with Crippen molar-refractivity contribution in [2.45, 2.75) is 25.3 Å². The molecule has 1 aliphatic carbocycles. The number of hydrogen-bond donors (Lipinski definition) is 1. The molecule has 3 rings (SSSR count). The third-order valence-corrected chi connectivity index (χ3v) is 5.44. The number of carbonyl (C=O) groups is 1. The minimum absolute atomic E-state index is 0. The summed E-state index contributed by atoms with van der Waals surface area (Å²) in [4.78, 5) is 15.1. The van der Waals surface area contributed by atoms with E-state index in [2.05, 4.69) is 0 Å². The topological polar surface area (TPSA) is 46.3 Å². The second-order valence-electron chi connectivity index (χ2n) is 5.33. The van der Waals surface area contributed by atoms with E-state index >= 15 is 0 Å². The van der Waals surface area contributed by atoms with Crippen molar-refractivity contribution in [1.29, 1.82) is 0 Å². The van der Waals surface area contributed by atoms with Crippen LogP contribution >= 0.6 is 35.3 Å². The van der Waals surface area contributed by atoms with E-state index in [1.165, 1.54) is 24.2 Å². The molecule has 3 nitrogen and oxygen atoms in total. The Bertz CT molecular complexity index is 465. The standard InChI is InChI=1S/C13H17ClN2OS.ClH/c14-12-5-4-11(18-12)13(17)16-6-8-2-1-3-10(15)9(8)7-16;/h4-5,8-10H,1-3,6-7,15H2;1H.